The maximum Gasteiger partial charge on any atom is 0.248 e. The minimum Gasteiger partial charge on any atom is -0.469 e. The van der Waals surface area contributed by atoms with Crippen molar-refractivity contribution in [3.63, 3.8) is 0 Å². The molecule has 0 spiro atoms. The van der Waals surface area contributed by atoms with E-state index in [0.717, 1.165) is 22.4 Å². The summed E-state index contributed by atoms with van der Waals surface area (Å²) in [5.74, 6) is 0.446. The topological polar surface area (TPSA) is 85.8 Å². The van der Waals surface area contributed by atoms with Crippen molar-refractivity contribution < 1.29 is 9.53 Å². The Hall–Kier alpha value is -3.53. The first kappa shape index (κ1) is 22.0. The number of β-lactam (4-membered cyclic amide) rings is 1. The lowest BCUT2D eigenvalue weighted by molar-refractivity contribution is -0.140. The van der Waals surface area contributed by atoms with Crippen LogP contribution < -0.4 is 5.73 Å². The van der Waals surface area contributed by atoms with Gasteiger partial charge in [0.2, 0.25) is 11.0 Å². The zero-order valence-electron chi connectivity index (χ0n) is 18.5. The second-order valence-electron chi connectivity index (χ2n) is 8.32. The molecule has 7 nitrogen and oxygen atoms in total. The molecule has 174 valence electrons. The molecule has 2 aliphatic rings. The number of ether oxygens (including phenoxy) is 1. The Labute approximate surface area is 211 Å². The van der Waals surface area contributed by atoms with Crippen molar-refractivity contribution in [2.24, 2.45) is 5.73 Å². The molecule has 4 aromatic rings. The first-order chi connectivity index (χ1) is 17.1. The number of carbonyl (C=O) groups is 1. The van der Waals surface area contributed by atoms with E-state index >= 15 is 0 Å². The van der Waals surface area contributed by atoms with E-state index in [4.69, 9.17) is 27.7 Å². The van der Waals surface area contributed by atoms with Crippen LogP contribution in [0.2, 0.25) is 0 Å². The third-order valence-corrected chi connectivity index (χ3v) is 7.79. The normalized spacial score (nSPS) is 19.6. The van der Waals surface area contributed by atoms with E-state index in [2.05, 4.69) is 5.10 Å². The average molecular weight is 500 g/mol. The Balaban J connectivity index is 1.44. The number of hydrogen-bond donors (Lipinski definition) is 1. The van der Waals surface area contributed by atoms with E-state index in [-0.39, 0.29) is 16.3 Å². The SMILES string of the molecule is N[C@@H]1C(=O)N2C(C(=S)OC(c3ccccc3)c3ccccc3)=C(c3ccn4nccc4n3)CS[C@H]12. The lowest BCUT2D eigenvalue weighted by atomic mass is 10.0. The van der Waals surface area contributed by atoms with E-state index in [1.54, 1.807) is 27.4 Å². The van der Waals surface area contributed by atoms with Gasteiger partial charge in [0, 0.05) is 23.6 Å². The van der Waals surface area contributed by atoms with Gasteiger partial charge in [0.1, 0.15) is 23.2 Å². The van der Waals surface area contributed by atoms with Gasteiger partial charge in [0.05, 0.1) is 11.9 Å². The van der Waals surface area contributed by atoms with E-state index in [1.165, 1.54) is 0 Å². The molecule has 0 unspecified atom stereocenters. The van der Waals surface area contributed by atoms with E-state index in [1.807, 2.05) is 79.0 Å². The van der Waals surface area contributed by atoms with E-state index in [0.29, 0.717) is 17.1 Å². The Morgan fingerprint density at radius 3 is 2.43 bits per heavy atom. The van der Waals surface area contributed by atoms with Crippen molar-refractivity contribution >= 4 is 46.2 Å². The van der Waals surface area contributed by atoms with E-state index < -0.39 is 12.1 Å². The molecular formula is C26H21N5O2S2. The smallest absolute Gasteiger partial charge is 0.248 e. The molecule has 0 radical (unpaired) electrons. The standard InChI is InChI=1S/C26H21N5O2S2/c27-21-24(32)31-22(18(15-35-25(21)31)19-12-14-30-20(29-19)11-13-28-30)26(34)33-23(16-7-3-1-4-8-16)17-9-5-2-6-10-17/h1-14,21,23,25H,15,27H2/t21-,25-/m1/s1. The first-order valence-corrected chi connectivity index (χ1v) is 12.6. The third kappa shape index (κ3) is 3.81. The fourth-order valence-corrected chi connectivity index (χ4v) is 6.05. The molecule has 0 saturated carbocycles. The Bertz CT molecular complexity index is 1410. The number of fused-ring (bicyclic) bond motifs is 2. The molecule has 6 rings (SSSR count). The Morgan fingerprint density at radius 1 is 1.06 bits per heavy atom. The molecule has 2 atom stereocenters. The van der Waals surface area contributed by atoms with Crippen LogP contribution in [0.4, 0.5) is 0 Å². The van der Waals surface area contributed by atoms with Crippen LogP contribution in [0.25, 0.3) is 11.2 Å². The molecule has 0 aliphatic carbocycles. The van der Waals surface area contributed by atoms with Crippen LogP contribution in [0, 0.1) is 0 Å². The molecule has 1 fully saturated rings. The van der Waals surface area contributed by atoms with Gasteiger partial charge in [-0.25, -0.2) is 9.50 Å². The van der Waals surface area contributed by atoms with Gasteiger partial charge in [0.15, 0.2) is 5.65 Å². The van der Waals surface area contributed by atoms with Crippen LogP contribution in [-0.4, -0.2) is 47.6 Å². The molecule has 0 bridgehead atoms. The highest BCUT2D eigenvalue weighted by Gasteiger charge is 2.51. The zero-order chi connectivity index (χ0) is 23.9. The van der Waals surface area contributed by atoms with Crippen LogP contribution in [0.3, 0.4) is 0 Å². The van der Waals surface area contributed by atoms with Crippen molar-refractivity contribution in [1.82, 2.24) is 19.5 Å². The Kier molecular flexibility index (Phi) is 5.60. The number of thiocarbonyl (C=S) groups is 1. The summed E-state index contributed by atoms with van der Waals surface area (Å²) in [6.07, 6.45) is 3.12. The lowest BCUT2D eigenvalue weighted by Crippen LogP contribution is -2.68. The quantitative estimate of drug-likeness (QED) is 0.330. The number of hydrogen-bond acceptors (Lipinski definition) is 7. The zero-order valence-corrected chi connectivity index (χ0v) is 20.2. The summed E-state index contributed by atoms with van der Waals surface area (Å²) in [6, 6.07) is 23.0. The summed E-state index contributed by atoms with van der Waals surface area (Å²) in [6.45, 7) is 0. The fraction of sp³-hybridized carbons (Fsp3) is 0.154. The predicted octanol–water partition coefficient (Wildman–Crippen LogP) is 3.82. The van der Waals surface area contributed by atoms with Crippen molar-refractivity contribution in [3.05, 3.63) is 108 Å². The molecule has 4 heterocycles. The van der Waals surface area contributed by atoms with Gasteiger partial charge >= 0.3 is 0 Å². The molecular weight excluding hydrogens is 478 g/mol. The summed E-state index contributed by atoms with van der Waals surface area (Å²) in [5.41, 5.74) is 10.9. The average Bonchev–Trinajstić information content (AvgIpc) is 3.39. The molecule has 2 aliphatic heterocycles. The minimum absolute atomic E-state index is 0.165. The number of carbonyl (C=O) groups excluding carboxylic acids is 1. The number of rotatable bonds is 5. The molecule has 2 N–H and O–H groups in total. The van der Waals surface area contributed by atoms with Crippen molar-refractivity contribution in [2.45, 2.75) is 17.5 Å². The number of aromatic nitrogens is 3. The van der Waals surface area contributed by atoms with Gasteiger partial charge < -0.3 is 10.5 Å². The highest BCUT2D eigenvalue weighted by Crippen LogP contribution is 2.43. The molecule has 35 heavy (non-hydrogen) atoms. The minimum atomic E-state index is -0.552. The largest absolute Gasteiger partial charge is 0.469 e. The summed E-state index contributed by atoms with van der Waals surface area (Å²) in [4.78, 5) is 19.3. The van der Waals surface area contributed by atoms with Crippen LogP contribution in [0.1, 0.15) is 22.9 Å². The first-order valence-electron chi connectivity index (χ1n) is 11.2. The van der Waals surface area contributed by atoms with Gasteiger partial charge in [-0.3, -0.25) is 9.69 Å². The van der Waals surface area contributed by atoms with Crippen molar-refractivity contribution in [1.29, 1.82) is 0 Å². The number of benzene rings is 2. The van der Waals surface area contributed by atoms with E-state index in [9.17, 15) is 4.79 Å². The van der Waals surface area contributed by atoms with Gasteiger partial charge in [-0.15, -0.1) is 11.8 Å². The summed E-state index contributed by atoms with van der Waals surface area (Å²) in [5, 5.41) is 4.30. The number of thioether (sulfide) groups is 1. The highest BCUT2D eigenvalue weighted by atomic mass is 32.2. The molecule has 1 saturated heterocycles. The van der Waals surface area contributed by atoms with Gasteiger partial charge in [-0.05, 0) is 29.4 Å². The maximum absolute atomic E-state index is 12.9. The molecule has 2 aromatic heterocycles. The lowest BCUT2D eigenvalue weighted by Gasteiger charge is -2.49. The van der Waals surface area contributed by atoms with Crippen molar-refractivity contribution in [2.75, 3.05) is 5.75 Å². The van der Waals surface area contributed by atoms with Crippen LogP contribution in [-0.2, 0) is 9.53 Å². The monoisotopic (exact) mass is 499 g/mol. The highest BCUT2D eigenvalue weighted by molar-refractivity contribution is 8.00. The van der Waals surface area contributed by atoms with Crippen LogP contribution >= 0.6 is 24.0 Å². The van der Waals surface area contributed by atoms with Crippen LogP contribution in [0.5, 0.6) is 0 Å². The summed E-state index contributed by atoms with van der Waals surface area (Å²) >= 11 is 7.51. The summed E-state index contributed by atoms with van der Waals surface area (Å²) < 4.78 is 8.20. The number of nitrogens with zero attached hydrogens (tertiary/aromatic N) is 4. The summed E-state index contributed by atoms with van der Waals surface area (Å²) in [7, 11) is 0. The fourth-order valence-electron chi connectivity index (χ4n) is 4.43. The second kappa shape index (κ2) is 8.92. The third-order valence-electron chi connectivity index (χ3n) is 6.20. The molecule has 2 aromatic carbocycles. The van der Waals surface area contributed by atoms with Crippen LogP contribution in [0.15, 0.2) is 90.9 Å². The van der Waals surface area contributed by atoms with Gasteiger partial charge in [-0.1, -0.05) is 60.7 Å². The predicted molar refractivity (Wildman–Crippen MR) is 139 cm³/mol. The van der Waals surface area contributed by atoms with Gasteiger partial charge in [0.25, 0.3) is 0 Å². The second-order valence-corrected chi connectivity index (χ2v) is 9.79. The molecule has 9 heteroatoms. The Morgan fingerprint density at radius 2 is 1.74 bits per heavy atom. The van der Waals surface area contributed by atoms with Gasteiger partial charge in [-0.2, -0.15) is 5.10 Å². The number of nitrogens with two attached hydrogens (primary N) is 1. The molecule has 1 amide bonds. The maximum atomic E-state index is 12.9. The van der Waals surface area contributed by atoms with Crippen molar-refractivity contribution in [3.8, 4) is 0 Å². The number of amides is 1.